The Morgan fingerprint density at radius 2 is 2.04 bits per heavy atom. The van der Waals surface area contributed by atoms with E-state index in [1.54, 1.807) is 41.3 Å². The first-order valence-corrected chi connectivity index (χ1v) is 9.74. The van der Waals surface area contributed by atoms with E-state index in [1.807, 2.05) is 35.7 Å². The van der Waals surface area contributed by atoms with Gasteiger partial charge in [-0.2, -0.15) is 0 Å². The normalized spacial score (nSPS) is 10.9. The summed E-state index contributed by atoms with van der Waals surface area (Å²) < 4.78 is 4.97. The zero-order valence-electron chi connectivity index (χ0n) is 13.5. The Morgan fingerprint density at radius 3 is 2.88 bits per heavy atom. The van der Waals surface area contributed by atoms with Crippen molar-refractivity contribution in [3.63, 3.8) is 0 Å². The number of carbonyl (C=O) groups is 1. The molecule has 4 aromatic rings. The maximum absolute atomic E-state index is 12.7. The summed E-state index contributed by atoms with van der Waals surface area (Å²) in [6.45, 7) is 0. The molecule has 0 saturated heterocycles. The zero-order valence-corrected chi connectivity index (χ0v) is 15.2. The lowest BCUT2D eigenvalue weighted by Gasteiger charge is -2.09. The number of hydrogen-bond acceptors (Lipinski definition) is 5. The molecule has 2 aromatic carbocycles. The van der Waals surface area contributed by atoms with Gasteiger partial charge in [-0.1, -0.05) is 18.2 Å². The van der Waals surface area contributed by atoms with Gasteiger partial charge in [0, 0.05) is 21.2 Å². The van der Waals surface area contributed by atoms with Gasteiger partial charge in [0.1, 0.15) is 0 Å². The molecular weight excluding hydrogens is 368 g/mol. The molecular formula is C19H14N2O3S2. The van der Waals surface area contributed by atoms with Crippen molar-refractivity contribution in [3.05, 3.63) is 81.0 Å². The van der Waals surface area contributed by atoms with Crippen LogP contribution < -0.4 is 11.1 Å². The van der Waals surface area contributed by atoms with Gasteiger partial charge in [-0.05, 0) is 41.8 Å². The number of nitrogens with one attached hydrogen (secondary N) is 2. The number of fused-ring (bicyclic) bond motifs is 1. The van der Waals surface area contributed by atoms with Crippen LogP contribution in [0.15, 0.2) is 74.1 Å². The fraction of sp³-hybridized carbons (Fsp3) is 0.0526. The number of rotatable bonds is 5. The van der Waals surface area contributed by atoms with E-state index in [9.17, 15) is 9.59 Å². The van der Waals surface area contributed by atoms with Gasteiger partial charge in [-0.15, -0.1) is 23.1 Å². The van der Waals surface area contributed by atoms with Crippen LogP contribution in [0.25, 0.3) is 11.1 Å². The average Bonchev–Trinajstić information content (AvgIpc) is 3.28. The molecule has 1 amide bonds. The smallest absolute Gasteiger partial charge is 0.408 e. The molecule has 0 atom stereocenters. The number of aromatic nitrogens is 1. The van der Waals surface area contributed by atoms with Crippen LogP contribution in [0.2, 0.25) is 0 Å². The zero-order chi connectivity index (χ0) is 17.9. The predicted molar refractivity (Wildman–Crippen MR) is 105 cm³/mol. The molecule has 0 aliphatic heterocycles. The number of aromatic amines is 1. The van der Waals surface area contributed by atoms with Crippen LogP contribution in [0.1, 0.15) is 15.2 Å². The summed E-state index contributed by atoms with van der Waals surface area (Å²) in [6, 6.07) is 16.7. The van der Waals surface area contributed by atoms with Crippen molar-refractivity contribution in [1.82, 2.24) is 4.98 Å². The molecule has 4 rings (SSSR count). The highest BCUT2D eigenvalue weighted by molar-refractivity contribution is 7.98. The molecule has 2 heterocycles. The van der Waals surface area contributed by atoms with Gasteiger partial charge in [0.2, 0.25) is 0 Å². The van der Waals surface area contributed by atoms with Crippen molar-refractivity contribution in [2.45, 2.75) is 10.6 Å². The minimum atomic E-state index is -0.515. The number of benzene rings is 2. The minimum Gasteiger partial charge on any atom is -0.408 e. The van der Waals surface area contributed by atoms with Crippen molar-refractivity contribution in [3.8, 4) is 0 Å². The summed E-state index contributed by atoms with van der Waals surface area (Å²) in [5, 5.41) is 4.93. The molecule has 0 aliphatic rings. The number of amides is 1. The van der Waals surface area contributed by atoms with Gasteiger partial charge in [-0.25, -0.2) is 4.79 Å². The largest absolute Gasteiger partial charge is 0.417 e. The monoisotopic (exact) mass is 382 g/mol. The van der Waals surface area contributed by atoms with E-state index in [-0.39, 0.29) is 5.91 Å². The minimum absolute atomic E-state index is 0.190. The lowest BCUT2D eigenvalue weighted by molar-refractivity contribution is 0.102. The summed E-state index contributed by atoms with van der Waals surface area (Å²) in [5.41, 5.74) is 2.22. The SMILES string of the molecule is O=C(Nc1ccc2oc(=O)[nH]c2c1)c1ccccc1SCc1cccs1. The number of carbonyl (C=O) groups excluding carboxylic acids is 1. The molecule has 7 heteroatoms. The van der Waals surface area contributed by atoms with Gasteiger partial charge >= 0.3 is 5.76 Å². The summed E-state index contributed by atoms with van der Waals surface area (Å²) in [7, 11) is 0. The van der Waals surface area contributed by atoms with Crippen LogP contribution in [0.4, 0.5) is 5.69 Å². The third kappa shape index (κ3) is 3.58. The summed E-state index contributed by atoms with van der Waals surface area (Å²) >= 11 is 3.34. The van der Waals surface area contributed by atoms with E-state index < -0.39 is 5.76 Å². The Morgan fingerprint density at radius 1 is 1.15 bits per heavy atom. The maximum atomic E-state index is 12.7. The molecule has 130 valence electrons. The highest BCUT2D eigenvalue weighted by Gasteiger charge is 2.13. The Labute approximate surface area is 157 Å². The lowest BCUT2D eigenvalue weighted by Crippen LogP contribution is -2.12. The fourth-order valence-electron chi connectivity index (χ4n) is 2.55. The van der Waals surface area contributed by atoms with Gasteiger partial charge in [-0.3, -0.25) is 9.78 Å². The Bertz CT molecular complexity index is 1110. The van der Waals surface area contributed by atoms with E-state index in [0.717, 1.165) is 10.6 Å². The van der Waals surface area contributed by atoms with E-state index >= 15 is 0 Å². The quantitative estimate of drug-likeness (QED) is 0.490. The third-order valence-electron chi connectivity index (χ3n) is 3.76. The Hall–Kier alpha value is -2.77. The fourth-order valence-corrected chi connectivity index (χ4v) is 4.37. The molecule has 2 aromatic heterocycles. The summed E-state index contributed by atoms with van der Waals surface area (Å²) in [5.74, 6) is 0.118. The second kappa shape index (κ2) is 7.23. The second-order valence-electron chi connectivity index (χ2n) is 5.54. The van der Waals surface area contributed by atoms with Crippen molar-refractivity contribution in [2.24, 2.45) is 0 Å². The van der Waals surface area contributed by atoms with Crippen LogP contribution in [0, 0.1) is 0 Å². The van der Waals surface area contributed by atoms with Crippen LogP contribution in [0.3, 0.4) is 0 Å². The molecule has 2 N–H and O–H groups in total. The van der Waals surface area contributed by atoms with E-state index in [4.69, 9.17) is 4.42 Å². The van der Waals surface area contributed by atoms with Crippen LogP contribution in [-0.4, -0.2) is 10.9 Å². The van der Waals surface area contributed by atoms with Gasteiger partial charge in [0.25, 0.3) is 5.91 Å². The number of oxazole rings is 1. The van der Waals surface area contributed by atoms with Gasteiger partial charge in [0.05, 0.1) is 11.1 Å². The van der Waals surface area contributed by atoms with Gasteiger partial charge < -0.3 is 9.73 Å². The van der Waals surface area contributed by atoms with Crippen LogP contribution in [0.5, 0.6) is 0 Å². The number of hydrogen-bond donors (Lipinski definition) is 2. The molecule has 0 saturated carbocycles. The summed E-state index contributed by atoms with van der Waals surface area (Å²) in [4.78, 5) is 28.7. The molecule has 0 radical (unpaired) electrons. The van der Waals surface area contributed by atoms with Crippen LogP contribution in [-0.2, 0) is 5.75 Å². The topological polar surface area (TPSA) is 75.1 Å². The molecule has 0 bridgehead atoms. The van der Waals surface area contributed by atoms with Crippen molar-refractivity contribution in [2.75, 3.05) is 5.32 Å². The molecule has 5 nitrogen and oxygen atoms in total. The molecule has 0 unspecified atom stereocenters. The number of thioether (sulfide) groups is 1. The number of anilines is 1. The lowest BCUT2D eigenvalue weighted by atomic mass is 10.2. The summed E-state index contributed by atoms with van der Waals surface area (Å²) in [6.07, 6.45) is 0. The molecule has 26 heavy (non-hydrogen) atoms. The van der Waals surface area contributed by atoms with Crippen molar-refractivity contribution < 1.29 is 9.21 Å². The Kier molecular flexibility index (Phi) is 4.64. The number of H-pyrrole nitrogens is 1. The van der Waals surface area contributed by atoms with Crippen molar-refractivity contribution >= 4 is 45.8 Å². The molecule has 0 spiro atoms. The average molecular weight is 382 g/mol. The third-order valence-corrected chi connectivity index (χ3v) is 5.94. The van der Waals surface area contributed by atoms with E-state index in [1.165, 1.54) is 4.88 Å². The first-order chi connectivity index (χ1) is 12.7. The standard InChI is InChI=1S/C19H14N2O3S2/c22-18(20-12-7-8-16-15(10-12)21-19(23)24-16)14-5-1-2-6-17(14)26-11-13-4-3-9-25-13/h1-10H,11H2,(H,20,22)(H,21,23). The van der Waals surface area contributed by atoms with Crippen LogP contribution >= 0.6 is 23.1 Å². The van der Waals surface area contributed by atoms with Crippen molar-refractivity contribution in [1.29, 1.82) is 0 Å². The highest BCUT2D eigenvalue weighted by Crippen LogP contribution is 2.28. The highest BCUT2D eigenvalue weighted by atomic mass is 32.2. The first kappa shape index (κ1) is 16.7. The van der Waals surface area contributed by atoms with E-state index in [0.29, 0.717) is 22.4 Å². The first-order valence-electron chi connectivity index (χ1n) is 7.87. The molecule has 0 aliphatic carbocycles. The second-order valence-corrected chi connectivity index (χ2v) is 7.59. The predicted octanol–water partition coefficient (Wildman–Crippen LogP) is 4.73. The Balaban J connectivity index is 1.54. The van der Waals surface area contributed by atoms with E-state index in [2.05, 4.69) is 16.4 Å². The number of thiophene rings is 1. The maximum Gasteiger partial charge on any atom is 0.417 e. The molecule has 0 fully saturated rings. The van der Waals surface area contributed by atoms with Gasteiger partial charge in [0.15, 0.2) is 5.58 Å².